The van der Waals surface area contributed by atoms with E-state index in [1.165, 1.54) is 24.8 Å². The fourth-order valence-electron chi connectivity index (χ4n) is 2.63. The average molecular weight is 230 g/mol. The van der Waals surface area contributed by atoms with Gasteiger partial charge >= 0.3 is 0 Å². The Morgan fingerprint density at radius 2 is 2.18 bits per heavy atom. The van der Waals surface area contributed by atoms with E-state index in [-0.39, 0.29) is 0 Å². The predicted octanol–water partition coefficient (Wildman–Crippen LogP) is 2.68. The van der Waals surface area contributed by atoms with Crippen LogP contribution in [0.15, 0.2) is 22.6 Å². The van der Waals surface area contributed by atoms with Gasteiger partial charge in [-0.3, -0.25) is 0 Å². The van der Waals surface area contributed by atoms with E-state index in [0.717, 1.165) is 36.0 Å². The summed E-state index contributed by atoms with van der Waals surface area (Å²) in [6.45, 7) is 4.22. The van der Waals surface area contributed by atoms with Crippen molar-refractivity contribution >= 4 is 11.1 Å². The Bertz CT molecular complexity index is 512. The number of hydrogen-bond donors (Lipinski definition) is 1. The van der Waals surface area contributed by atoms with E-state index in [4.69, 9.17) is 4.42 Å². The molecule has 0 unspecified atom stereocenters. The van der Waals surface area contributed by atoms with E-state index < -0.39 is 0 Å². The van der Waals surface area contributed by atoms with E-state index in [1.807, 2.05) is 13.0 Å². The topological polar surface area (TPSA) is 38.1 Å². The summed E-state index contributed by atoms with van der Waals surface area (Å²) in [5.74, 6) is 1.57. The van der Waals surface area contributed by atoms with Gasteiger partial charge in [0.05, 0.1) is 0 Å². The second-order valence-electron chi connectivity index (χ2n) is 4.93. The molecule has 0 radical (unpaired) electrons. The van der Waals surface area contributed by atoms with Crippen molar-refractivity contribution in [2.24, 2.45) is 5.92 Å². The zero-order valence-corrected chi connectivity index (χ0v) is 10.2. The third-order valence-corrected chi connectivity index (χ3v) is 3.54. The van der Waals surface area contributed by atoms with Crippen LogP contribution in [0, 0.1) is 12.8 Å². The normalized spacial score (nSPS) is 17.7. The van der Waals surface area contributed by atoms with Gasteiger partial charge in [-0.1, -0.05) is 6.07 Å². The molecule has 1 fully saturated rings. The molecule has 0 saturated carbocycles. The number of piperidine rings is 1. The van der Waals surface area contributed by atoms with E-state index in [0.29, 0.717) is 0 Å². The van der Waals surface area contributed by atoms with Gasteiger partial charge < -0.3 is 9.73 Å². The number of aromatic nitrogens is 1. The fraction of sp³-hybridized carbons (Fsp3) is 0.500. The van der Waals surface area contributed by atoms with Crippen LogP contribution in [0.4, 0.5) is 0 Å². The van der Waals surface area contributed by atoms with E-state index in [9.17, 15) is 0 Å². The summed E-state index contributed by atoms with van der Waals surface area (Å²) in [4.78, 5) is 4.39. The van der Waals surface area contributed by atoms with Crippen molar-refractivity contribution < 1.29 is 4.42 Å². The average Bonchev–Trinajstić information content (AvgIpc) is 2.70. The molecule has 3 heteroatoms. The quantitative estimate of drug-likeness (QED) is 0.862. The minimum absolute atomic E-state index is 0.749. The molecule has 0 amide bonds. The number of oxazole rings is 1. The minimum Gasteiger partial charge on any atom is -0.441 e. The van der Waals surface area contributed by atoms with E-state index >= 15 is 0 Å². The first-order valence-corrected chi connectivity index (χ1v) is 6.38. The Morgan fingerprint density at radius 3 is 3.00 bits per heavy atom. The Labute approximate surface area is 101 Å². The van der Waals surface area contributed by atoms with Gasteiger partial charge in [-0.05, 0) is 56.0 Å². The third-order valence-electron chi connectivity index (χ3n) is 3.54. The fourth-order valence-corrected chi connectivity index (χ4v) is 2.63. The van der Waals surface area contributed by atoms with Gasteiger partial charge in [0, 0.05) is 6.92 Å². The van der Waals surface area contributed by atoms with Gasteiger partial charge in [0.2, 0.25) is 0 Å². The molecular formula is C14H18N2O. The third kappa shape index (κ3) is 2.34. The number of nitrogens with zero attached hydrogens (tertiary/aromatic N) is 1. The molecule has 2 aromatic rings. The Balaban J connectivity index is 1.79. The van der Waals surface area contributed by atoms with Gasteiger partial charge in [0.25, 0.3) is 0 Å². The van der Waals surface area contributed by atoms with Crippen molar-refractivity contribution in [3.63, 3.8) is 0 Å². The Kier molecular flexibility index (Phi) is 2.85. The molecule has 0 aliphatic carbocycles. The van der Waals surface area contributed by atoms with Crippen molar-refractivity contribution in [1.29, 1.82) is 0 Å². The van der Waals surface area contributed by atoms with E-state index in [2.05, 4.69) is 22.4 Å². The first-order valence-electron chi connectivity index (χ1n) is 6.38. The summed E-state index contributed by atoms with van der Waals surface area (Å²) in [6.07, 6.45) is 3.75. The number of rotatable bonds is 2. The van der Waals surface area contributed by atoms with Gasteiger partial charge in [-0.2, -0.15) is 0 Å². The molecule has 2 heterocycles. The van der Waals surface area contributed by atoms with Gasteiger partial charge in [-0.25, -0.2) is 4.98 Å². The summed E-state index contributed by atoms with van der Waals surface area (Å²) in [5.41, 5.74) is 3.28. The van der Waals surface area contributed by atoms with Crippen LogP contribution in [-0.2, 0) is 6.42 Å². The highest BCUT2D eigenvalue weighted by Crippen LogP contribution is 2.22. The van der Waals surface area contributed by atoms with Crippen molar-refractivity contribution in [2.75, 3.05) is 13.1 Å². The second kappa shape index (κ2) is 4.49. The lowest BCUT2D eigenvalue weighted by Gasteiger charge is -2.22. The largest absolute Gasteiger partial charge is 0.441 e. The Hall–Kier alpha value is -1.35. The van der Waals surface area contributed by atoms with Crippen molar-refractivity contribution in [2.45, 2.75) is 26.2 Å². The summed E-state index contributed by atoms with van der Waals surface area (Å²) in [6, 6.07) is 6.40. The monoisotopic (exact) mass is 230 g/mol. The molecule has 3 rings (SSSR count). The molecule has 1 aromatic carbocycles. The lowest BCUT2D eigenvalue weighted by atomic mass is 9.91. The zero-order valence-electron chi connectivity index (χ0n) is 10.2. The first-order chi connectivity index (χ1) is 8.31. The molecule has 17 heavy (non-hydrogen) atoms. The van der Waals surface area contributed by atoms with E-state index in [1.54, 1.807) is 0 Å². The van der Waals surface area contributed by atoms with Crippen LogP contribution in [0.3, 0.4) is 0 Å². The summed E-state index contributed by atoms with van der Waals surface area (Å²) in [5, 5.41) is 3.41. The molecule has 1 saturated heterocycles. The van der Waals surface area contributed by atoms with Gasteiger partial charge in [0.15, 0.2) is 11.5 Å². The highest BCUT2D eigenvalue weighted by atomic mass is 16.3. The van der Waals surface area contributed by atoms with Crippen molar-refractivity contribution in [3.8, 4) is 0 Å². The first kappa shape index (κ1) is 10.8. The molecule has 1 aliphatic heterocycles. The smallest absolute Gasteiger partial charge is 0.192 e. The Morgan fingerprint density at radius 1 is 1.35 bits per heavy atom. The number of nitrogens with one attached hydrogen (secondary N) is 1. The maximum atomic E-state index is 5.49. The molecule has 0 spiro atoms. The maximum absolute atomic E-state index is 5.49. The maximum Gasteiger partial charge on any atom is 0.192 e. The lowest BCUT2D eigenvalue weighted by Crippen LogP contribution is -2.28. The molecule has 3 nitrogen and oxygen atoms in total. The van der Waals surface area contributed by atoms with Crippen LogP contribution in [0.5, 0.6) is 0 Å². The molecule has 1 aliphatic rings. The van der Waals surface area contributed by atoms with Crippen LogP contribution in [0.25, 0.3) is 11.1 Å². The molecule has 0 atom stereocenters. The minimum atomic E-state index is 0.749. The van der Waals surface area contributed by atoms with Crippen LogP contribution in [0.2, 0.25) is 0 Å². The highest BCUT2D eigenvalue weighted by molar-refractivity contribution is 5.73. The van der Waals surface area contributed by atoms with Gasteiger partial charge in [-0.15, -0.1) is 0 Å². The number of benzene rings is 1. The number of fused-ring (bicyclic) bond motifs is 1. The lowest BCUT2D eigenvalue weighted by molar-refractivity contribution is 0.373. The molecule has 90 valence electrons. The van der Waals surface area contributed by atoms with Crippen molar-refractivity contribution in [1.82, 2.24) is 10.3 Å². The van der Waals surface area contributed by atoms with Crippen LogP contribution in [0.1, 0.15) is 24.3 Å². The molecule has 1 N–H and O–H groups in total. The predicted molar refractivity (Wildman–Crippen MR) is 68.0 cm³/mol. The zero-order chi connectivity index (χ0) is 11.7. The van der Waals surface area contributed by atoms with Crippen LogP contribution in [-0.4, -0.2) is 18.1 Å². The molecular weight excluding hydrogens is 212 g/mol. The van der Waals surface area contributed by atoms with Crippen LogP contribution < -0.4 is 5.32 Å². The number of aryl methyl sites for hydroxylation is 1. The summed E-state index contributed by atoms with van der Waals surface area (Å²) >= 11 is 0. The summed E-state index contributed by atoms with van der Waals surface area (Å²) < 4.78 is 5.49. The molecule has 1 aromatic heterocycles. The second-order valence-corrected chi connectivity index (χ2v) is 4.93. The van der Waals surface area contributed by atoms with Crippen LogP contribution >= 0.6 is 0 Å². The summed E-state index contributed by atoms with van der Waals surface area (Å²) in [7, 11) is 0. The van der Waals surface area contributed by atoms with Crippen molar-refractivity contribution in [3.05, 3.63) is 29.7 Å². The standard InChI is InChI=1S/C14H18N2O/c1-10-16-13-9-12(2-3-14(13)17-10)8-11-4-6-15-7-5-11/h2-3,9,11,15H,4-8H2,1H3. The highest BCUT2D eigenvalue weighted by Gasteiger charge is 2.14. The SMILES string of the molecule is Cc1nc2cc(CC3CCNCC3)ccc2o1. The molecule has 0 bridgehead atoms. The number of hydrogen-bond acceptors (Lipinski definition) is 3. The van der Waals surface area contributed by atoms with Gasteiger partial charge in [0.1, 0.15) is 5.52 Å².